The molecule has 0 radical (unpaired) electrons. The molecule has 1 rings (SSSR count). The van der Waals surface area contributed by atoms with Crippen LogP contribution in [-0.4, -0.2) is 49.1 Å². The highest BCUT2D eigenvalue weighted by molar-refractivity contribution is 5.85. The molecule has 1 fully saturated rings. The topological polar surface area (TPSA) is 6.48 Å². The lowest BCUT2D eigenvalue weighted by Crippen LogP contribution is -2.52. The summed E-state index contributed by atoms with van der Waals surface area (Å²) >= 11 is 0. The quantitative estimate of drug-likeness (QED) is 0.565. The molecule has 0 bridgehead atoms. The average molecular weight is 383 g/mol. The molecular formula is C20H44Cl2N2. The van der Waals surface area contributed by atoms with Crippen molar-refractivity contribution in [1.82, 2.24) is 9.80 Å². The maximum Gasteiger partial charge on any atom is 0.0248 e. The highest BCUT2D eigenvalue weighted by Crippen LogP contribution is 2.29. The molecule has 0 aromatic rings. The van der Waals surface area contributed by atoms with Crippen molar-refractivity contribution in [3.05, 3.63) is 0 Å². The number of rotatable bonds is 6. The van der Waals surface area contributed by atoms with Gasteiger partial charge in [-0.3, -0.25) is 0 Å². The summed E-state index contributed by atoms with van der Waals surface area (Å²) in [4.78, 5) is 5.31. The molecule has 2 atom stereocenters. The fraction of sp³-hybridized carbons (Fsp3) is 1.00. The minimum atomic E-state index is 0. The van der Waals surface area contributed by atoms with Gasteiger partial charge in [0.15, 0.2) is 0 Å². The largest absolute Gasteiger partial charge is 0.302 e. The fourth-order valence-corrected chi connectivity index (χ4v) is 3.48. The van der Waals surface area contributed by atoms with E-state index in [1.807, 2.05) is 0 Å². The Bertz CT molecular complexity index is 289. The minimum absolute atomic E-state index is 0. The lowest BCUT2D eigenvalue weighted by Gasteiger charge is -2.43. The molecule has 0 spiro atoms. The van der Waals surface area contributed by atoms with Gasteiger partial charge in [-0.15, -0.1) is 24.8 Å². The lowest BCUT2D eigenvalue weighted by molar-refractivity contribution is 0.0655. The first-order valence-corrected chi connectivity index (χ1v) is 9.40. The van der Waals surface area contributed by atoms with Crippen LogP contribution in [0.5, 0.6) is 0 Å². The average Bonchev–Trinajstić information content (AvgIpc) is 2.40. The Morgan fingerprint density at radius 3 is 1.21 bits per heavy atom. The molecule has 0 unspecified atom stereocenters. The molecule has 1 aliphatic rings. The predicted octanol–water partition coefficient (Wildman–Crippen LogP) is 5.88. The lowest BCUT2D eigenvalue weighted by atomic mass is 9.86. The van der Waals surface area contributed by atoms with Gasteiger partial charge in [-0.25, -0.2) is 0 Å². The zero-order chi connectivity index (χ0) is 17.0. The van der Waals surface area contributed by atoms with E-state index < -0.39 is 0 Å². The maximum absolute atomic E-state index is 2.66. The van der Waals surface area contributed by atoms with Crippen molar-refractivity contribution in [2.24, 2.45) is 10.8 Å². The summed E-state index contributed by atoms with van der Waals surface area (Å²) in [5, 5.41) is 0. The van der Waals surface area contributed by atoms with E-state index in [9.17, 15) is 0 Å². The molecule has 0 N–H and O–H groups in total. The van der Waals surface area contributed by atoms with Crippen molar-refractivity contribution in [2.75, 3.05) is 27.2 Å². The first kappa shape index (κ1) is 26.7. The van der Waals surface area contributed by atoms with E-state index in [-0.39, 0.29) is 24.8 Å². The molecule has 0 aromatic heterocycles. The van der Waals surface area contributed by atoms with Crippen molar-refractivity contribution < 1.29 is 0 Å². The van der Waals surface area contributed by atoms with Crippen LogP contribution >= 0.6 is 24.8 Å². The van der Waals surface area contributed by atoms with E-state index in [1.165, 1.54) is 51.6 Å². The van der Waals surface area contributed by atoms with E-state index in [4.69, 9.17) is 0 Å². The Morgan fingerprint density at radius 2 is 0.958 bits per heavy atom. The van der Waals surface area contributed by atoms with E-state index in [2.05, 4.69) is 65.4 Å². The zero-order valence-corrected chi connectivity index (χ0v) is 19.2. The van der Waals surface area contributed by atoms with Crippen LogP contribution in [0.2, 0.25) is 0 Å². The molecule has 0 aliphatic heterocycles. The van der Waals surface area contributed by atoms with E-state index >= 15 is 0 Å². The monoisotopic (exact) mass is 382 g/mol. The van der Waals surface area contributed by atoms with Gasteiger partial charge in [0.1, 0.15) is 0 Å². The van der Waals surface area contributed by atoms with Crippen LogP contribution in [-0.2, 0) is 0 Å². The fourth-order valence-electron chi connectivity index (χ4n) is 3.48. The van der Waals surface area contributed by atoms with Crippen molar-refractivity contribution in [1.29, 1.82) is 0 Å². The van der Waals surface area contributed by atoms with E-state index in [0.717, 1.165) is 12.1 Å². The third-order valence-corrected chi connectivity index (χ3v) is 5.26. The van der Waals surface area contributed by atoms with Gasteiger partial charge in [-0.2, -0.15) is 0 Å². The normalized spacial score (nSPS) is 22.2. The molecule has 2 nitrogen and oxygen atoms in total. The Morgan fingerprint density at radius 1 is 0.667 bits per heavy atom. The third-order valence-electron chi connectivity index (χ3n) is 5.26. The van der Waals surface area contributed by atoms with Gasteiger partial charge < -0.3 is 9.80 Å². The molecule has 0 amide bonds. The summed E-state index contributed by atoms with van der Waals surface area (Å²) in [5.74, 6) is 0. The SMILES string of the molecule is CN(CCC(C)(C)C)[C@H]1CCCC[C@@H]1N(C)CCC(C)(C)C.Cl.Cl. The van der Waals surface area contributed by atoms with Crippen LogP contribution in [0.3, 0.4) is 0 Å². The van der Waals surface area contributed by atoms with Gasteiger partial charge in [-0.1, -0.05) is 54.4 Å². The molecular weight excluding hydrogens is 339 g/mol. The van der Waals surface area contributed by atoms with Crippen LogP contribution in [0.1, 0.15) is 80.1 Å². The molecule has 1 aliphatic carbocycles. The second-order valence-corrected chi connectivity index (χ2v) is 10.0. The first-order valence-electron chi connectivity index (χ1n) is 9.40. The van der Waals surface area contributed by atoms with Gasteiger partial charge in [0.05, 0.1) is 0 Å². The van der Waals surface area contributed by atoms with Crippen LogP contribution in [0.25, 0.3) is 0 Å². The summed E-state index contributed by atoms with van der Waals surface area (Å²) in [6, 6.07) is 1.50. The number of hydrogen-bond acceptors (Lipinski definition) is 2. The minimum Gasteiger partial charge on any atom is -0.302 e. The zero-order valence-electron chi connectivity index (χ0n) is 17.5. The third kappa shape index (κ3) is 10.5. The molecule has 0 saturated heterocycles. The van der Waals surface area contributed by atoms with Gasteiger partial charge in [0.25, 0.3) is 0 Å². The highest BCUT2D eigenvalue weighted by Gasteiger charge is 2.31. The van der Waals surface area contributed by atoms with Crippen molar-refractivity contribution in [3.8, 4) is 0 Å². The van der Waals surface area contributed by atoms with E-state index in [0.29, 0.717) is 10.8 Å². The predicted molar refractivity (Wildman–Crippen MR) is 114 cm³/mol. The Labute approximate surface area is 164 Å². The van der Waals surface area contributed by atoms with Crippen LogP contribution in [0.15, 0.2) is 0 Å². The Kier molecular flexibility index (Phi) is 12.5. The van der Waals surface area contributed by atoms with Gasteiger partial charge in [0, 0.05) is 12.1 Å². The van der Waals surface area contributed by atoms with Crippen molar-refractivity contribution in [3.63, 3.8) is 0 Å². The van der Waals surface area contributed by atoms with Crippen molar-refractivity contribution in [2.45, 2.75) is 92.2 Å². The van der Waals surface area contributed by atoms with Crippen LogP contribution in [0, 0.1) is 10.8 Å². The smallest absolute Gasteiger partial charge is 0.0248 e. The van der Waals surface area contributed by atoms with Gasteiger partial charge >= 0.3 is 0 Å². The van der Waals surface area contributed by atoms with Crippen LogP contribution in [0.4, 0.5) is 0 Å². The molecule has 0 heterocycles. The Hall–Kier alpha value is 0.500. The second-order valence-electron chi connectivity index (χ2n) is 10.0. The molecule has 24 heavy (non-hydrogen) atoms. The summed E-state index contributed by atoms with van der Waals surface area (Å²) in [6.07, 6.45) is 8.16. The summed E-state index contributed by atoms with van der Waals surface area (Å²) in [6.45, 7) is 16.6. The summed E-state index contributed by atoms with van der Waals surface area (Å²) < 4.78 is 0. The standard InChI is InChI=1S/C20H42N2.2ClH/c1-19(2,3)13-15-21(7)17-11-9-10-12-18(17)22(8)16-14-20(4,5)6;;/h17-18H,9-16H2,1-8H3;2*1H/t17-,18-;;/m0../s1. The molecule has 1 saturated carbocycles. The second kappa shape index (κ2) is 11.3. The number of nitrogens with zero attached hydrogens (tertiary/aromatic N) is 2. The molecule has 148 valence electrons. The maximum atomic E-state index is 2.66. The molecule has 0 aromatic carbocycles. The molecule has 4 heteroatoms. The van der Waals surface area contributed by atoms with Gasteiger partial charge in [0.2, 0.25) is 0 Å². The number of likely N-dealkylation sites (N-methyl/N-ethyl adjacent to an activating group) is 2. The Balaban J connectivity index is 0. The van der Waals surface area contributed by atoms with Crippen LogP contribution < -0.4 is 0 Å². The number of hydrogen-bond donors (Lipinski definition) is 0. The summed E-state index contributed by atoms with van der Waals surface area (Å²) in [7, 11) is 4.71. The number of halogens is 2. The van der Waals surface area contributed by atoms with Gasteiger partial charge in [-0.05, 0) is 63.7 Å². The van der Waals surface area contributed by atoms with Crippen molar-refractivity contribution >= 4 is 24.8 Å². The summed E-state index contributed by atoms with van der Waals surface area (Å²) in [5.41, 5.74) is 0.882. The first-order chi connectivity index (χ1) is 9.99. The highest BCUT2D eigenvalue weighted by atomic mass is 35.5. The van der Waals surface area contributed by atoms with E-state index in [1.54, 1.807) is 0 Å².